The van der Waals surface area contributed by atoms with Gasteiger partial charge in [0.05, 0.1) is 11.6 Å². The van der Waals surface area contributed by atoms with Crippen molar-refractivity contribution in [3.05, 3.63) is 63.5 Å². The number of benzene rings is 2. The van der Waals surface area contributed by atoms with E-state index in [1.807, 2.05) is 45.0 Å². The van der Waals surface area contributed by atoms with Crippen molar-refractivity contribution in [2.45, 2.75) is 40.2 Å². The van der Waals surface area contributed by atoms with Crippen molar-refractivity contribution in [1.82, 2.24) is 14.8 Å². The molecule has 3 heterocycles. The van der Waals surface area contributed by atoms with Crippen LogP contribution in [0.1, 0.15) is 45.5 Å². The molecule has 6 rings (SSSR count). The van der Waals surface area contributed by atoms with Gasteiger partial charge in [0.2, 0.25) is 5.91 Å². The Kier molecular flexibility index (Phi) is 7.89. The Labute approximate surface area is 256 Å². The number of aromatic nitrogens is 1. The molecule has 1 saturated carbocycles. The van der Waals surface area contributed by atoms with Crippen LogP contribution in [0.15, 0.2) is 35.7 Å². The topological polar surface area (TPSA) is 103 Å². The molecule has 1 N–H and O–H groups in total. The third-order valence-electron chi connectivity index (χ3n) is 9.35. The minimum atomic E-state index is -0.660. The second kappa shape index (κ2) is 11.6. The van der Waals surface area contributed by atoms with E-state index in [4.69, 9.17) is 9.72 Å². The maximum absolute atomic E-state index is 13.2. The predicted octanol–water partition coefficient (Wildman–Crippen LogP) is 4.78. The van der Waals surface area contributed by atoms with E-state index in [9.17, 15) is 19.5 Å². The summed E-state index contributed by atoms with van der Waals surface area (Å²) in [6.45, 7) is 9.01. The van der Waals surface area contributed by atoms with Gasteiger partial charge in [-0.15, -0.1) is 11.3 Å². The number of amides is 2. The van der Waals surface area contributed by atoms with E-state index >= 15 is 0 Å². The number of ether oxygens (including phenoxy) is 1. The van der Waals surface area contributed by atoms with Crippen LogP contribution in [0.4, 0.5) is 5.13 Å². The number of carboxylic acid groups (broad SMARTS) is 1. The molecule has 3 aromatic rings. The van der Waals surface area contributed by atoms with Crippen molar-refractivity contribution in [1.29, 1.82) is 0 Å². The molecular formula is C33H38N4O5S. The van der Waals surface area contributed by atoms with Gasteiger partial charge in [-0.1, -0.05) is 11.6 Å². The van der Waals surface area contributed by atoms with Gasteiger partial charge in [-0.25, -0.2) is 4.98 Å². The largest absolute Gasteiger partial charge is 0.488 e. The number of hydrogen-bond donors (Lipinski definition) is 1. The summed E-state index contributed by atoms with van der Waals surface area (Å²) < 4.78 is 6.42. The Balaban J connectivity index is 1.18. The molecule has 1 aromatic heterocycles. The van der Waals surface area contributed by atoms with Crippen molar-refractivity contribution in [2.75, 3.05) is 44.7 Å². The molecule has 3 aliphatic rings. The zero-order valence-corrected chi connectivity index (χ0v) is 25.9. The second-order valence-corrected chi connectivity index (χ2v) is 13.1. The van der Waals surface area contributed by atoms with Gasteiger partial charge in [0.25, 0.3) is 5.91 Å². The lowest BCUT2D eigenvalue weighted by atomic mass is 9.85. The van der Waals surface area contributed by atoms with E-state index < -0.39 is 5.97 Å². The Morgan fingerprint density at radius 2 is 1.74 bits per heavy atom. The molecule has 2 saturated heterocycles. The number of likely N-dealkylation sites (N-methyl/N-ethyl adjacent to an activating group) is 1. The molecule has 3 atom stereocenters. The highest BCUT2D eigenvalue weighted by Crippen LogP contribution is 2.44. The van der Waals surface area contributed by atoms with E-state index in [0.717, 1.165) is 70.3 Å². The first-order valence-corrected chi connectivity index (χ1v) is 15.8. The van der Waals surface area contributed by atoms with Crippen LogP contribution in [0.2, 0.25) is 0 Å². The first kappa shape index (κ1) is 29.2. The Bertz CT molecular complexity index is 1550. The molecule has 2 amide bonds. The molecule has 2 aromatic carbocycles. The van der Waals surface area contributed by atoms with Crippen molar-refractivity contribution >= 4 is 34.3 Å². The van der Waals surface area contributed by atoms with E-state index in [1.165, 1.54) is 0 Å². The van der Waals surface area contributed by atoms with Crippen molar-refractivity contribution in [2.24, 2.45) is 17.8 Å². The number of hydrogen-bond acceptors (Lipinski definition) is 7. The number of nitrogens with zero attached hydrogens (tertiary/aromatic N) is 4. The maximum atomic E-state index is 13.2. The van der Waals surface area contributed by atoms with Crippen molar-refractivity contribution in [3.8, 4) is 17.0 Å². The summed E-state index contributed by atoms with van der Waals surface area (Å²) in [5, 5.41) is 12.7. The van der Waals surface area contributed by atoms with E-state index in [1.54, 1.807) is 28.2 Å². The fraction of sp³-hybridized carbons (Fsp3) is 0.455. The number of carbonyl (C=O) groups is 3. The Morgan fingerprint density at radius 3 is 2.40 bits per heavy atom. The van der Waals surface area contributed by atoms with Crippen LogP contribution in [-0.4, -0.2) is 77.4 Å². The van der Waals surface area contributed by atoms with Gasteiger partial charge in [0.1, 0.15) is 18.9 Å². The van der Waals surface area contributed by atoms with Crippen LogP contribution in [-0.2, 0) is 16.2 Å². The number of aryl methyl sites for hydroxylation is 3. The van der Waals surface area contributed by atoms with Crippen LogP contribution < -0.4 is 9.64 Å². The highest BCUT2D eigenvalue weighted by atomic mass is 32.1. The van der Waals surface area contributed by atoms with Gasteiger partial charge in [-0.05, 0) is 86.4 Å². The van der Waals surface area contributed by atoms with Crippen LogP contribution in [0.3, 0.4) is 0 Å². The number of carboxylic acids is 1. The monoisotopic (exact) mass is 602 g/mol. The number of piperidine rings is 1. The first-order valence-electron chi connectivity index (χ1n) is 14.9. The molecule has 2 bridgehead atoms. The number of thiazole rings is 1. The normalized spacial score (nSPS) is 21.8. The second-order valence-electron chi connectivity index (χ2n) is 12.3. The number of anilines is 1. The van der Waals surface area contributed by atoms with Gasteiger partial charge in [0, 0.05) is 49.7 Å². The lowest BCUT2D eigenvalue weighted by Crippen LogP contribution is -2.50. The molecule has 226 valence electrons. The average molecular weight is 603 g/mol. The van der Waals surface area contributed by atoms with Crippen molar-refractivity contribution in [3.63, 3.8) is 0 Å². The Morgan fingerprint density at radius 1 is 1.05 bits per heavy atom. The molecule has 9 nitrogen and oxygen atoms in total. The van der Waals surface area contributed by atoms with Crippen LogP contribution in [0.5, 0.6) is 5.75 Å². The number of aliphatic carboxylic acids is 1. The SMILES string of the molecule is Cc1ccc(OCc2c(C)cc(C(=O)N3CCN(C)C(=O)C3)cc2C)c(-c2csc(N3C[C@H]4CC[C@@H](C3)C4C(=O)O)n2)c1. The third kappa shape index (κ3) is 5.72. The summed E-state index contributed by atoms with van der Waals surface area (Å²) in [6, 6.07) is 9.88. The predicted molar refractivity (Wildman–Crippen MR) is 166 cm³/mol. The van der Waals surface area contributed by atoms with E-state index in [-0.39, 0.29) is 36.1 Å². The molecule has 10 heteroatoms. The Hall–Kier alpha value is -3.92. The van der Waals surface area contributed by atoms with Gasteiger partial charge in [0.15, 0.2) is 5.13 Å². The van der Waals surface area contributed by atoms with Crippen molar-refractivity contribution < 1.29 is 24.2 Å². The van der Waals surface area contributed by atoms with Crippen LogP contribution >= 0.6 is 11.3 Å². The zero-order chi connectivity index (χ0) is 30.4. The van der Waals surface area contributed by atoms with Gasteiger partial charge in [-0.2, -0.15) is 0 Å². The number of carbonyl (C=O) groups excluding carboxylic acids is 2. The summed E-state index contributed by atoms with van der Waals surface area (Å²) in [6.07, 6.45) is 1.94. The molecular weight excluding hydrogens is 564 g/mol. The molecule has 0 radical (unpaired) electrons. The standard InChI is InChI=1S/C33H38N4O5S/c1-19-5-8-28(25(11-19)27-18-43-33(34-27)37-14-22-6-7-23(15-37)30(22)32(40)41)42-17-26-20(2)12-24(13-21(26)3)31(39)36-10-9-35(4)29(38)16-36/h5,8,11-13,18,22-23,30H,6-7,9-10,14-17H2,1-4H3,(H,40,41)/t22-,23+,30?. The minimum Gasteiger partial charge on any atom is -0.488 e. The fourth-order valence-corrected chi connectivity index (χ4v) is 7.74. The fourth-order valence-electron chi connectivity index (χ4n) is 6.89. The first-order chi connectivity index (χ1) is 20.6. The third-order valence-corrected chi connectivity index (χ3v) is 10.3. The smallest absolute Gasteiger partial charge is 0.307 e. The summed E-state index contributed by atoms with van der Waals surface area (Å²) in [5.41, 5.74) is 6.42. The molecule has 1 aliphatic carbocycles. The maximum Gasteiger partial charge on any atom is 0.307 e. The number of piperazine rings is 1. The number of fused-ring (bicyclic) bond motifs is 2. The minimum absolute atomic E-state index is 0.0472. The summed E-state index contributed by atoms with van der Waals surface area (Å²) in [4.78, 5) is 47.6. The lowest BCUT2D eigenvalue weighted by Gasteiger charge is -2.35. The average Bonchev–Trinajstić information content (AvgIpc) is 3.57. The quantitative estimate of drug-likeness (QED) is 0.415. The molecule has 0 spiro atoms. The summed E-state index contributed by atoms with van der Waals surface area (Å²) in [7, 11) is 1.76. The highest BCUT2D eigenvalue weighted by molar-refractivity contribution is 7.14. The van der Waals surface area contributed by atoms with E-state index in [0.29, 0.717) is 25.3 Å². The van der Waals surface area contributed by atoms with Gasteiger partial charge in [-0.3, -0.25) is 14.4 Å². The highest BCUT2D eigenvalue weighted by Gasteiger charge is 2.46. The molecule has 1 unspecified atom stereocenters. The molecule has 43 heavy (non-hydrogen) atoms. The van der Waals surface area contributed by atoms with E-state index in [2.05, 4.69) is 16.3 Å². The van der Waals surface area contributed by atoms with Gasteiger partial charge >= 0.3 is 5.97 Å². The lowest BCUT2D eigenvalue weighted by molar-refractivity contribution is -0.144. The molecule has 3 fully saturated rings. The zero-order valence-electron chi connectivity index (χ0n) is 25.1. The number of rotatable bonds is 7. The van der Waals surface area contributed by atoms with Crippen LogP contribution in [0, 0.1) is 38.5 Å². The summed E-state index contributed by atoms with van der Waals surface area (Å²) >= 11 is 1.59. The van der Waals surface area contributed by atoms with Gasteiger partial charge < -0.3 is 24.5 Å². The van der Waals surface area contributed by atoms with Crippen LogP contribution in [0.25, 0.3) is 11.3 Å². The molecule has 2 aliphatic heterocycles. The summed E-state index contributed by atoms with van der Waals surface area (Å²) in [5.74, 6) is 0.0307.